The predicted molar refractivity (Wildman–Crippen MR) is 88.7 cm³/mol. The van der Waals surface area contributed by atoms with Gasteiger partial charge in [0.05, 0.1) is 12.6 Å². The highest BCUT2D eigenvalue weighted by atomic mass is 16.2. The summed E-state index contributed by atoms with van der Waals surface area (Å²) in [7, 11) is 3.20. The van der Waals surface area contributed by atoms with E-state index in [0.717, 1.165) is 23.5 Å². The summed E-state index contributed by atoms with van der Waals surface area (Å²) in [6, 6.07) is 0.612. The van der Waals surface area contributed by atoms with Crippen molar-refractivity contribution in [1.82, 2.24) is 18.7 Å². The van der Waals surface area contributed by atoms with Crippen LogP contribution in [0.5, 0.6) is 0 Å². The molecule has 1 aliphatic heterocycles. The van der Waals surface area contributed by atoms with Crippen molar-refractivity contribution in [2.75, 3.05) is 6.54 Å². The van der Waals surface area contributed by atoms with Gasteiger partial charge in [-0.3, -0.25) is 13.9 Å². The molecule has 0 radical (unpaired) electrons. The number of rotatable bonds is 3. The molecule has 1 fully saturated rings. The number of nitrogens with one attached hydrogen (secondary N) is 1. The van der Waals surface area contributed by atoms with Gasteiger partial charge in [0.2, 0.25) is 0 Å². The Morgan fingerprint density at radius 3 is 2.61 bits per heavy atom. The summed E-state index contributed by atoms with van der Waals surface area (Å²) in [6.45, 7) is 6.93. The van der Waals surface area contributed by atoms with Gasteiger partial charge in [-0.2, -0.15) is 0 Å². The zero-order valence-electron chi connectivity index (χ0n) is 14.4. The van der Waals surface area contributed by atoms with E-state index in [4.69, 9.17) is 0 Å². The number of fused-ring (bicyclic) bond motifs is 1. The lowest BCUT2D eigenvalue weighted by molar-refractivity contribution is -0.942. The van der Waals surface area contributed by atoms with Gasteiger partial charge >= 0.3 is 5.69 Å². The summed E-state index contributed by atoms with van der Waals surface area (Å²) in [5.74, 6) is 0.907. The molecule has 2 aromatic rings. The minimum atomic E-state index is -0.325. The third-order valence-corrected chi connectivity index (χ3v) is 5.21. The Hall–Kier alpha value is -1.89. The molecule has 0 amide bonds. The van der Waals surface area contributed by atoms with Gasteiger partial charge < -0.3 is 9.47 Å². The first-order valence-corrected chi connectivity index (χ1v) is 8.45. The van der Waals surface area contributed by atoms with Gasteiger partial charge in [-0.1, -0.05) is 0 Å². The minimum Gasteiger partial charge on any atom is -0.326 e. The molecule has 3 heterocycles. The van der Waals surface area contributed by atoms with Crippen LogP contribution >= 0.6 is 0 Å². The first-order valence-electron chi connectivity index (χ1n) is 8.45. The summed E-state index contributed by atoms with van der Waals surface area (Å²) in [4.78, 5) is 30.8. The van der Waals surface area contributed by atoms with Crippen LogP contribution in [0.1, 0.15) is 38.9 Å². The fraction of sp³-hybridized carbons (Fsp3) is 0.688. The van der Waals surface area contributed by atoms with E-state index in [2.05, 4.69) is 11.9 Å². The first-order chi connectivity index (χ1) is 11.0. The van der Waals surface area contributed by atoms with Crippen LogP contribution in [-0.4, -0.2) is 31.3 Å². The summed E-state index contributed by atoms with van der Waals surface area (Å²) >= 11 is 0. The maximum Gasteiger partial charge on any atom is 0.332 e. The number of aromatic nitrogens is 4. The van der Waals surface area contributed by atoms with E-state index in [-0.39, 0.29) is 11.2 Å². The van der Waals surface area contributed by atoms with Crippen molar-refractivity contribution >= 4 is 11.2 Å². The van der Waals surface area contributed by atoms with Crippen molar-refractivity contribution in [3.05, 3.63) is 26.7 Å². The number of likely N-dealkylation sites (tertiary alicyclic amines) is 1. The molecule has 3 rings (SSSR count). The van der Waals surface area contributed by atoms with E-state index >= 15 is 0 Å². The van der Waals surface area contributed by atoms with E-state index in [1.54, 1.807) is 7.05 Å². The van der Waals surface area contributed by atoms with E-state index < -0.39 is 0 Å². The van der Waals surface area contributed by atoms with Crippen molar-refractivity contribution in [3.8, 4) is 0 Å². The second-order valence-electron chi connectivity index (χ2n) is 6.63. The Kier molecular flexibility index (Phi) is 4.14. The summed E-state index contributed by atoms with van der Waals surface area (Å²) in [5.41, 5.74) is 0.453. The van der Waals surface area contributed by atoms with Crippen LogP contribution in [0.25, 0.3) is 11.2 Å². The SMILES string of the molecule is CCn1c(C[NH+]2CCCC[C@@H]2C)nc2c1c(=O)n(C)c(=O)n2C. The maximum atomic E-state index is 12.5. The molecule has 0 spiro atoms. The monoisotopic (exact) mass is 320 g/mol. The van der Waals surface area contributed by atoms with Gasteiger partial charge in [0, 0.05) is 20.6 Å². The van der Waals surface area contributed by atoms with E-state index in [1.165, 1.54) is 35.8 Å². The Morgan fingerprint density at radius 2 is 1.96 bits per heavy atom. The number of quaternary nitrogens is 1. The molecule has 23 heavy (non-hydrogen) atoms. The van der Waals surface area contributed by atoms with Gasteiger partial charge in [-0.05, 0) is 33.1 Å². The van der Waals surface area contributed by atoms with Crippen LogP contribution in [0, 0.1) is 0 Å². The molecule has 0 aromatic carbocycles. The lowest BCUT2D eigenvalue weighted by atomic mass is 10.0. The molecular weight excluding hydrogens is 294 g/mol. The van der Waals surface area contributed by atoms with Crippen molar-refractivity contribution in [1.29, 1.82) is 0 Å². The average molecular weight is 320 g/mol. The molecule has 2 aromatic heterocycles. The van der Waals surface area contributed by atoms with Gasteiger partial charge in [-0.15, -0.1) is 0 Å². The Balaban J connectivity index is 2.15. The Morgan fingerprint density at radius 1 is 1.22 bits per heavy atom. The topological polar surface area (TPSA) is 66.3 Å². The molecule has 2 atom stereocenters. The molecule has 7 nitrogen and oxygen atoms in total. The van der Waals surface area contributed by atoms with Crippen molar-refractivity contribution < 1.29 is 4.90 Å². The smallest absolute Gasteiger partial charge is 0.326 e. The molecule has 1 aliphatic rings. The maximum absolute atomic E-state index is 12.5. The number of imidazole rings is 1. The van der Waals surface area contributed by atoms with Gasteiger partial charge in [0.1, 0.15) is 6.54 Å². The van der Waals surface area contributed by atoms with Crippen LogP contribution in [-0.2, 0) is 27.2 Å². The highest BCUT2D eigenvalue weighted by Gasteiger charge is 2.26. The molecule has 1 unspecified atom stereocenters. The van der Waals surface area contributed by atoms with Crippen LogP contribution in [0.2, 0.25) is 0 Å². The fourth-order valence-electron chi connectivity index (χ4n) is 3.69. The molecule has 0 aliphatic carbocycles. The quantitative estimate of drug-likeness (QED) is 0.822. The molecular formula is C16H26N5O2+. The number of piperidine rings is 1. The predicted octanol–water partition coefficient (Wildman–Crippen LogP) is -0.589. The molecule has 1 N–H and O–H groups in total. The van der Waals surface area contributed by atoms with Crippen LogP contribution in [0.15, 0.2) is 9.59 Å². The van der Waals surface area contributed by atoms with Crippen molar-refractivity contribution in [2.24, 2.45) is 14.1 Å². The first kappa shape index (κ1) is 16.0. The lowest BCUT2D eigenvalue weighted by Gasteiger charge is -2.29. The Bertz CT molecular complexity index is 845. The van der Waals surface area contributed by atoms with Crippen LogP contribution < -0.4 is 16.1 Å². The van der Waals surface area contributed by atoms with Crippen molar-refractivity contribution in [3.63, 3.8) is 0 Å². The molecule has 0 bridgehead atoms. The average Bonchev–Trinajstić information content (AvgIpc) is 2.91. The number of hydrogen-bond donors (Lipinski definition) is 1. The number of aryl methyl sites for hydroxylation is 2. The van der Waals surface area contributed by atoms with Crippen LogP contribution in [0.3, 0.4) is 0 Å². The largest absolute Gasteiger partial charge is 0.332 e. The summed E-state index contributed by atoms with van der Waals surface area (Å²) in [5, 5.41) is 0. The third-order valence-electron chi connectivity index (χ3n) is 5.21. The molecule has 7 heteroatoms. The fourth-order valence-corrected chi connectivity index (χ4v) is 3.69. The van der Waals surface area contributed by atoms with E-state index in [1.807, 2.05) is 11.5 Å². The minimum absolute atomic E-state index is 0.259. The third kappa shape index (κ3) is 2.52. The standard InChI is InChI=1S/C16H25N5O2/c1-5-21-12(10-20-9-7-6-8-11(20)2)17-14-13(21)15(22)19(4)16(23)18(14)3/h11H,5-10H2,1-4H3/p+1/t11-/m0/s1. The highest BCUT2D eigenvalue weighted by molar-refractivity contribution is 5.71. The second-order valence-corrected chi connectivity index (χ2v) is 6.63. The molecule has 126 valence electrons. The summed E-state index contributed by atoms with van der Waals surface area (Å²) in [6.07, 6.45) is 3.78. The second kappa shape index (κ2) is 5.96. The van der Waals surface area contributed by atoms with Gasteiger partial charge in [-0.25, -0.2) is 9.78 Å². The Labute approximate surface area is 135 Å². The molecule has 0 saturated carbocycles. The van der Waals surface area contributed by atoms with E-state index in [9.17, 15) is 9.59 Å². The van der Waals surface area contributed by atoms with E-state index in [0.29, 0.717) is 23.8 Å². The van der Waals surface area contributed by atoms with Gasteiger partial charge in [0.25, 0.3) is 5.56 Å². The number of nitrogens with zero attached hydrogens (tertiary/aromatic N) is 4. The van der Waals surface area contributed by atoms with Crippen molar-refractivity contribution in [2.45, 2.75) is 52.2 Å². The zero-order valence-corrected chi connectivity index (χ0v) is 14.4. The zero-order chi connectivity index (χ0) is 16.7. The highest BCUT2D eigenvalue weighted by Crippen LogP contribution is 2.11. The normalized spacial score (nSPS) is 21.9. The van der Waals surface area contributed by atoms with Crippen LogP contribution in [0.4, 0.5) is 0 Å². The summed E-state index contributed by atoms with van der Waals surface area (Å²) < 4.78 is 4.61. The van der Waals surface area contributed by atoms with Gasteiger partial charge in [0.15, 0.2) is 17.0 Å². The number of hydrogen-bond acceptors (Lipinski definition) is 3. The molecule has 1 saturated heterocycles. The lowest BCUT2D eigenvalue weighted by Crippen LogP contribution is -3.15.